The van der Waals surface area contributed by atoms with Crippen LogP contribution in [0.1, 0.15) is 27.4 Å². The molecule has 0 radical (unpaired) electrons. The molecule has 2 aromatic carbocycles. The number of nitrogens with one attached hydrogen (secondary N) is 4. The number of fused-ring (bicyclic) bond motifs is 2. The standard InChI is InChI=1S/C19H18N4O3/c20-19-21-9-11(10-22-19)26-18(25)16-12-5-1-2-6-13(12)17(24)23-15-8-4-3-7-14(15)16/h1-8,11,16H,9-10H2,(H,23,24)(H3,20,21,22). The van der Waals surface area contributed by atoms with Crippen molar-refractivity contribution in [2.75, 3.05) is 18.4 Å². The van der Waals surface area contributed by atoms with E-state index in [0.717, 1.165) is 0 Å². The maximum absolute atomic E-state index is 13.1. The first-order chi connectivity index (χ1) is 12.6. The lowest BCUT2D eigenvalue weighted by Crippen LogP contribution is -2.53. The number of esters is 1. The summed E-state index contributed by atoms with van der Waals surface area (Å²) >= 11 is 0. The van der Waals surface area contributed by atoms with Crippen molar-refractivity contribution in [1.29, 1.82) is 5.41 Å². The van der Waals surface area contributed by atoms with Gasteiger partial charge in [-0.3, -0.25) is 15.0 Å². The zero-order valence-corrected chi connectivity index (χ0v) is 13.9. The van der Waals surface area contributed by atoms with Gasteiger partial charge in [0.2, 0.25) is 0 Å². The third kappa shape index (κ3) is 2.88. The van der Waals surface area contributed by atoms with Crippen molar-refractivity contribution >= 4 is 23.5 Å². The molecule has 26 heavy (non-hydrogen) atoms. The maximum Gasteiger partial charge on any atom is 0.318 e. The Morgan fingerprint density at radius 1 is 1.00 bits per heavy atom. The molecule has 0 bridgehead atoms. The summed E-state index contributed by atoms with van der Waals surface area (Å²) in [4.78, 5) is 25.6. The molecule has 0 aromatic heterocycles. The van der Waals surface area contributed by atoms with Crippen molar-refractivity contribution < 1.29 is 14.3 Å². The van der Waals surface area contributed by atoms with Crippen LogP contribution in [0.4, 0.5) is 5.69 Å². The molecule has 1 unspecified atom stereocenters. The molecule has 0 aliphatic carbocycles. The zero-order chi connectivity index (χ0) is 18.1. The first-order valence-electron chi connectivity index (χ1n) is 8.39. The quantitative estimate of drug-likeness (QED) is 0.614. The summed E-state index contributed by atoms with van der Waals surface area (Å²) in [5.41, 5.74) is 2.41. The van der Waals surface area contributed by atoms with Crippen LogP contribution in [0.25, 0.3) is 0 Å². The number of para-hydroxylation sites is 1. The van der Waals surface area contributed by atoms with Crippen LogP contribution in [0, 0.1) is 5.41 Å². The van der Waals surface area contributed by atoms with E-state index in [0.29, 0.717) is 35.5 Å². The van der Waals surface area contributed by atoms with Crippen LogP contribution >= 0.6 is 0 Å². The molecule has 2 heterocycles. The van der Waals surface area contributed by atoms with Crippen LogP contribution in [0.5, 0.6) is 0 Å². The summed E-state index contributed by atoms with van der Waals surface area (Å²) in [6, 6.07) is 14.4. The molecular weight excluding hydrogens is 332 g/mol. The molecular formula is C19H18N4O3. The number of anilines is 1. The number of carbonyl (C=O) groups excluding carboxylic acids is 2. The molecule has 1 fully saturated rings. The molecule has 1 saturated heterocycles. The van der Waals surface area contributed by atoms with Gasteiger partial charge in [0, 0.05) is 11.3 Å². The Balaban J connectivity index is 1.72. The number of rotatable bonds is 2. The van der Waals surface area contributed by atoms with E-state index >= 15 is 0 Å². The first-order valence-corrected chi connectivity index (χ1v) is 8.39. The van der Waals surface area contributed by atoms with Gasteiger partial charge in [0.1, 0.15) is 12.0 Å². The molecule has 0 spiro atoms. The van der Waals surface area contributed by atoms with Crippen LogP contribution in [-0.4, -0.2) is 37.0 Å². The van der Waals surface area contributed by atoms with Crippen LogP contribution in [0.2, 0.25) is 0 Å². The summed E-state index contributed by atoms with van der Waals surface area (Å²) in [5.74, 6) is -1.12. The van der Waals surface area contributed by atoms with E-state index < -0.39 is 11.9 Å². The van der Waals surface area contributed by atoms with E-state index in [1.54, 1.807) is 24.3 Å². The highest BCUT2D eigenvalue weighted by Crippen LogP contribution is 2.36. The van der Waals surface area contributed by atoms with Crippen molar-refractivity contribution in [2.24, 2.45) is 0 Å². The van der Waals surface area contributed by atoms with Gasteiger partial charge in [-0.05, 0) is 23.3 Å². The largest absolute Gasteiger partial charge is 0.458 e. The summed E-state index contributed by atoms with van der Waals surface area (Å²) < 4.78 is 5.68. The van der Waals surface area contributed by atoms with Gasteiger partial charge in [0.15, 0.2) is 5.96 Å². The minimum Gasteiger partial charge on any atom is -0.458 e. The normalized spacial score (nSPS) is 21.2. The highest BCUT2D eigenvalue weighted by atomic mass is 16.5. The predicted molar refractivity (Wildman–Crippen MR) is 96.3 cm³/mol. The molecule has 4 N–H and O–H groups in total. The van der Waals surface area contributed by atoms with E-state index in [1.807, 2.05) is 24.3 Å². The topological polar surface area (TPSA) is 103 Å². The van der Waals surface area contributed by atoms with E-state index in [1.165, 1.54) is 0 Å². The van der Waals surface area contributed by atoms with Gasteiger partial charge in [0.05, 0.1) is 13.1 Å². The van der Waals surface area contributed by atoms with Gasteiger partial charge in [-0.2, -0.15) is 0 Å². The fourth-order valence-electron chi connectivity index (χ4n) is 3.31. The molecule has 2 aromatic rings. The third-order valence-corrected chi connectivity index (χ3v) is 4.57. The average molecular weight is 350 g/mol. The number of ether oxygens (including phenoxy) is 1. The molecule has 7 heteroatoms. The van der Waals surface area contributed by atoms with Gasteiger partial charge in [-0.25, -0.2) is 0 Å². The summed E-state index contributed by atoms with van der Waals surface area (Å²) in [7, 11) is 0. The van der Waals surface area contributed by atoms with Gasteiger partial charge < -0.3 is 20.7 Å². The van der Waals surface area contributed by atoms with Crippen molar-refractivity contribution in [3.05, 3.63) is 65.2 Å². The summed E-state index contributed by atoms with van der Waals surface area (Å²) in [6.45, 7) is 0.759. The van der Waals surface area contributed by atoms with Gasteiger partial charge in [-0.15, -0.1) is 0 Å². The Kier molecular flexibility index (Phi) is 4.04. The van der Waals surface area contributed by atoms with Crippen LogP contribution in [-0.2, 0) is 9.53 Å². The van der Waals surface area contributed by atoms with Gasteiger partial charge in [-0.1, -0.05) is 36.4 Å². The maximum atomic E-state index is 13.1. The first kappa shape index (κ1) is 16.1. The molecule has 1 atom stereocenters. The Hall–Kier alpha value is -3.35. The van der Waals surface area contributed by atoms with Crippen LogP contribution in [0.3, 0.4) is 0 Å². The number of carbonyl (C=O) groups is 2. The van der Waals surface area contributed by atoms with Crippen molar-refractivity contribution in [2.45, 2.75) is 12.0 Å². The molecule has 7 nitrogen and oxygen atoms in total. The lowest BCUT2D eigenvalue weighted by Gasteiger charge is -2.27. The number of hydrogen-bond donors (Lipinski definition) is 4. The van der Waals surface area contributed by atoms with E-state index in [9.17, 15) is 9.59 Å². The molecule has 2 aliphatic heterocycles. The second-order valence-electron chi connectivity index (χ2n) is 6.26. The van der Waals surface area contributed by atoms with Crippen LogP contribution < -0.4 is 16.0 Å². The third-order valence-electron chi connectivity index (χ3n) is 4.57. The number of hydrogen-bond acceptors (Lipinski definition) is 4. The van der Waals surface area contributed by atoms with Crippen molar-refractivity contribution in [1.82, 2.24) is 10.6 Å². The number of benzene rings is 2. The fourth-order valence-corrected chi connectivity index (χ4v) is 3.31. The minimum absolute atomic E-state index is 0.220. The lowest BCUT2D eigenvalue weighted by molar-refractivity contribution is -0.149. The van der Waals surface area contributed by atoms with Gasteiger partial charge >= 0.3 is 5.97 Å². The average Bonchev–Trinajstić information content (AvgIpc) is 2.77. The second-order valence-corrected chi connectivity index (χ2v) is 6.26. The fraction of sp³-hybridized carbons (Fsp3) is 0.211. The Morgan fingerprint density at radius 2 is 1.65 bits per heavy atom. The Bertz CT molecular complexity index is 886. The monoisotopic (exact) mass is 350 g/mol. The lowest BCUT2D eigenvalue weighted by atomic mass is 9.88. The van der Waals surface area contributed by atoms with Crippen molar-refractivity contribution in [3.8, 4) is 0 Å². The SMILES string of the molecule is N=C1NCC(OC(=O)C2c3ccccc3NC(=O)c3ccccc32)CN1. The molecule has 1 amide bonds. The molecule has 2 aliphatic rings. The Labute approximate surface area is 150 Å². The number of amides is 1. The highest BCUT2D eigenvalue weighted by Gasteiger charge is 2.34. The zero-order valence-electron chi connectivity index (χ0n) is 13.9. The van der Waals surface area contributed by atoms with E-state index in [-0.39, 0.29) is 18.0 Å². The minimum atomic E-state index is -0.692. The summed E-state index contributed by atoms with van der Waals surface area (Å²) in [6.07, 6.45) is -0.386. The van der Waals surface area contributed by atoms with Gasteiger partial charge in [0.25, 0.3) is 5.91 Å². The summed E-state index contributed by atoms with van der Waals surface area (Å²) in [5, 5.41) is 16.0. The molecule has 0 saturated carbocycles. The predicted octanol–water partition coefficient (Wildman–Crippen LogP) is 1.42. The van der Waals surface area contributed by atoms with E-state index in [4.69, 9.17) is 10.1 Å². The number of guanidine groups is 1. The highest BCUT2D eigenvalue weighted by molar-refractivity contribution is 6.09. The van der Waals surface area contributed by atoms with Crippen LogP contribution in [0.15, 0.2) is 48.5 Å². The Morgan fingerprint density at radius 3 is 2.42 bits per heavy atom. The van der Waals surface area contributed by atoms with E-state index in [2.05, 4.69) is 16.0 Å². The molecule has 132 valence electrons. The molecule has 4 rings (SSSR count). The van der Waals surface area contributed by atoms with Crippen molar-refractivity contribution in [3.63, 3.8) is 0 Å². The smallest absolute Gasteiger partial charge is 0.318 e. The second kappa shape index (κ2) is 6.51.